The van der Waals surface area contributed by atoms with Gasteiger partial charge in [-0.15, -0.1) is 0 Å². The topological polar surface area (TPSA) is 49.8 Å². The molecular weight excluding hydrogens is 266 g/mol. The number of hydrogen-bond donors (Lipinski definition) is 1. The maximum atomic E-state index is 12.3. The van der Waals surface area contributed by atoms with Crippen molar-refractivity contribution >= 4 is 23.2 Å². The molecular formula is C17H15NO3. The Morgan fingerprint density at radius 3 is 2.67 bits per heavy atom. The van der Waals surface area contributed by atoms with Crippen molar-refractivity contribution in [2.45, 2.75) is 0 Å². The summed E-state index contributed by atoms with van der Waals surface area (Å²) < 4.78 is 5.02. The van der Waals surface area contributed by atoms with E-state index >= 15 is 0 Å². The average Bonchev–Trinajstić information content (AvgIpc) is 2.73. The van der Waals surface area contributed by atoms with E-state index in [0.717, 1.165) is 16.8 Å². The van der Waals surface area contributed by atoms with E-state index < -0.39 is 0 Å². The molecule has 1 aliphatic rings. The maximum absolute atomic E-state index is 12.3. The number of amides is 1. The number of ether oxygens (including phenoxy) is 1. The number of likely N-dealkylation sites (N-methyl/N-ethyl adjacent to an activating group) is 1. The third kappa shape index (κ3) is 2.14. The van der Waals surface area contributed by atoms with E-state index in [0.29, 0.717) is 11.3 Å². The second-order valence-electron chi connectivity index (χ2n) is 4.87. The summed E-state index contributed by atoms with van der Waals surface area (Å²) in [6.45, 7) is 0. The zero-order valence-corrected chi connectivity index (χ0v) is 11.8. The number of phenolic OH excluding ortho intramolecular Hbond substituents is 1. The molecule has 0 unspecified atom stereocenters. The molecule has 0 radical (unpaired) electrons. The van der Waals surface area contributed by atoms with Crippen molar-refractivity contribution in [3.05, 3.63) is 53.6 Å². The molecule has 3 rings (SSSR count). The molecule has 0 aliphatic carbocycles. The van der Waals surface area contributed by atoms with Gasteiger partial charge in [-0.3, -0.25) is 4.79 Å². The van der Waals surface area contributed by atoms with Crippen LogP contribution in [0.2, 0.25) is 0 Å². The first kappa shape index (κ1) is 13.2. The molecule has 1 N–H and O–H groups in total. The van der Waals surface area contributed by atoms with E-state index in [1.54, 1.807) is 36.2 Å². The highest BCUT2D eigenvalue weighted by atomic mass is 16.5. The Hall–Kier alpha value is -2.75. The molecule has 4 nitrogen and oxygen atoms in total. The Balaban J connectivity index is 2.08. The predicted octanol–water partition coefficient (Wildman–Crippen LogP) is 2.92. The molecule has 0 atom stereocenters. The summed E-state index contributed by atoms with van der Waals surface area (Å²) in [6, 6.07) is 12.7. The van der Waals surface area contributed by atoms with Gasteiger partial charge in [-0.2, -0.15) is 0 Å². The molecule has 0 fully saturated rings. The van der Waals surface area contributed by atoms with Crippen molar-refractivity contribution < 1.29 is 14.6 Å². The molecule has 2 aromatic rings. The molecule has 21 heavy (non-hydrogen) atoms. The summed E-state index contributed by atoms with van der Waals surface area (Å²) >= 11 is 0. The van der Waals surface area contributed by atoms with Crippen LogP contribution in [-0.2, 0) is 4.79 Å². The fourth-order valence-electron chi connectivity index (χ4n) is 2.50. The summed E-state index contributed by atoms with van der Waals surface area (Å²) in [5.74, 6) is 0.415. The molecule has 0 saturated heterocycles. The number of para-hydroxylation sites is 1. The van der Waals surface area contributed by atoms with Crippen molar-refractivity contribution in [1.29, 1.82) is 0 Å². The number of benzene rings is 2. The quantitative estimate of drug-likeness (QED) is 0.861. The Labute approximate surface area is 122 Å². The van der Waals surface area contributed by atoms with E-state index in [9.17, 15) is 9.90 Å². The van der Waals surface area contributed by atoms with Crippen LogP contribution in [0.25, 0.3) is 11.6 Å². The SMILES string of the molecule is COc1ccc(/C=C2\C(=O)N(C)c3ccccc32)cc1O. The van der Waals surface area contributed by atoms with Gasteiger partial charge in [-0.25, -0.2) is 0 Å². The maximum Gasteiger partial charge on any atom is 0.258 e. The fourth-order valence-corrected chi connectivity index (χ4v) is 2.50. The third-order valence-electron chi connectivity index (χ3n) is 3.60. The molecule has 0 saturated carbocycles. The van der Waals surface area contributed by atoms with Crippen LogP contribution in [0.5, 0.6) is 11.5 Å². The third-order valence-corrected chi connectivity index (χ3v) is 3.60. The van der Waals surface area contributed by atoms with Crippen molar-refractivity contribution in [3.8, 4) is 11.5 Å². The Morgan fingerprint density at radius 2 is 1.95 bits per heavy atom. The summed E-state index contributed by atoms with van der Waals surface area (Å²) in [5, 5.41) is 9.83. The van der Waals surface area contributed by atoms with Crippen LogP contribution in [0.4, 0.5) is 5.69 Å². The predicted molar refractivity (Wildman–Crippen MR) is 82.4 cm³/mol. The Bertz CT molecular complexity index is 749. The van der Waals surface area contributed by atoms with Crippen LogP contribution in [0, 0.1) is 0 Å². The van der Waals surface area contributed by atoms with Crippen molar-refractivity contribution in [3.63, 3.8) is 0 Å². The van der Waals surface area contributed by atoms with E-state index in [4.69, 9.17) is 4.74 Å². The van der Waals surface area contributed by atoms with Gasteiger partial charge in [0.15, 0.2) is 11.5 Å². The zero-order chi connectivity index (χ0) is 15.0. The first-order valence-corrected chi connectivity index (χ1v) is 6.58. The summed E-state index contributed by atoms with van der Waals surface area (Å²) in [4.78, 5) is 14.0. The lowest BCUT2D eigenvalue weighted by Crippen LogP contribution is -2.20. The number of hydrogen-bond acceptors (Lipinski definition) is 3. The molecule has 1 aliphatic heterocycles. The minimum atomic E-state index is -0.0495. The number of methoxy groups -OCH3 is 1. The molecule has 0 aromatic heterocycles. The first-order chi connectivity index (χ1) is 10.1. The van der Waals surface area contributed by atoms with Gasteiger partial charge in [0.1, 0.15) is 0 Å². The number of nitrogens with zero attached hydrogens (tertiary/aromatic N) is 1. The molecule has 0 spiro atoms. The van der Waals surface area contributed by atoms with E-state index in [-0.39, 0.29) is 11.7 Å². The number of fused-ring (bicyclic) bond motifs is 1. The van der Waals surface area contributed by atoms with Crippen molar-refractivity contribution in [2.24, 2.45) is 0 Å². The van der Waals surface area contributed by atoms with Crippen molar-refractivity contribution in [2.75, 3.05) is 19.1 Å². The van der Waals surface area contributed by atoms with E-state index in [1.807, 2.05) is 24.3 Å². The zero-order valence-electron chi connectivity index (χ0n) is 11.8. The van der Waals surface area contributed by atoms with Gasteiger partial charge < -0.3 is 14.7 Å². The monoisotopic (exact) mass is 281 g/mol. The highest BCUT2D eigenvalue weighted by molar-refractivity contribution is 6.35. The van der Waals surface area contributed by atoms with Gasteiger partial charge in [0, 0.05) is 18.2 Å². The second-order valence-corrected chi connectivity index (χ2v) is 4.87. The van der Waals surface area contributed by atoms with Gasteiger partial charge in [-0.05, 0) is 29.8 Å². The molecule has 2 aromatic carbocycles. The molecule has 1 heterocycles. The van der Waals surface area contributed by atoms with E-state index in [2.05, 4.69) is 0 Å². The standard InChI is InChI=1S/C17H15NO3/c1-18-14-6-4-3-5-12(14)13(17(18)20)9-11-7-8-16(21-2)15(19)10-11/h3-10,19H,1-2H3/b13-9-. The van der Waals surface area contributed by atoms with Gasteiger partial charge in [0.05, 0.1) is 12.8 Å². The summed E-state index contributed by atoms with van der Waals surface area (Å²) in [7, 11) is 3.26. The highest BCUT2D eigenvalue weighted by Gasteiger charge is 2.28. The number of aromatic hydroxyl groups is 1. The summed E-state index contributed by atoms with van der Waals surface area (Å²) in [5.41, 5.74) is 3.17. The van der Waals surface area contributed by atoms with Gasteiger partial charge in [-0.1, -0.05) is 24.3 Å². The van der Waals surface area contributed by atoms with Crippen LogP contribution in [0.1, 0.15) is 11.1 Å². The van der Waals surface area contributed by atoms with Gasteiger partial charge in [0.25, 0.3) is 5.91 Å². The highest BCUT2D eigenvalue weighted by Crippen LogP contribution is 2.37. The first-order valence-electron chi connectivity index (χ1n) is 6.58. The lowest BCUT2D eigenvalue weighted by molar-refractivity contribution is -0.112. The molecule has 0 bridgehead atoms. The van der Waals surface area contributed by atoms with Crippen LogP contribution >= 0.6 is 0 Å². The van der Waals surface area contributed by atoms with E-state index in [1.165, 1.54) is 7.11 Å². The number of carbonyl (C=O) groups excluding carboxylic acids is 1. The number of carbonyl (C=O) groups is 1. The fraction of sp³-hybridized carbons (Fsp3) is 0.118. The van der Waals surface area contributed by atoms with Crippen LogP contribution < -0.4 is 9.64 Å². The largest absolute Gasteiger partial charge is 0.504 e. The second kappa shape index (κ2) is 4.98. The van der Waals surface area contributed by atoms with Gasteiger partial charge in [0.2, 0.25) is 0 Å². The number of anilines is 1. The Morgan fingerprint density at radius 1 is 1.19 bits per heavy atom. The van der Waals surface area contributed by atoms with Crippen LogP contribution in [0.15, 0.2) is 42.5 Å². The lowest BCUT2D eigenvalue weighted by Gasteiger charge is -2.08. The smallest absolute Gasteiger partial charge is 0.258 e. The number of phenols is 1. The van der Waals surface area contributed by atoms with Crippen LogP contribution in [-0.4, -0.2) is 25.2 Å². The average molecular weight is 281 g/mol. The summed E-state index contributed by atoms with van der Waals surface area (Å²) in [6.07, 6.45) is 1.78. The van der Waals surface area contributed by atoms with Crippen molar-refractivity contribution in [1.82, 2.24) is 0 Å². The molecule has 4 heteroatoms. The minimum absolute atomic E-state index is 0.0495. The lowest BCUT2D eigenvalue weighted by atomic mass is 10.0. The molecule has 106 valence electrons. The number of rotatable bonds is 2. The minimum Gasteiger partial charge on any atom is -0.504 e. The normalized spacial score (nSPS) is 15.4. The molecule has 1 amide bonds. The van der Waals surface area contributed by atoms with Crippen LogP contribution in [0.3, 0.4) is 0 Å². The van der Waals surface area contributed by atoms with Gasteiger partial charge >= 0.3 is 0 Å². The Kier molecular flexibility index (Phi) is 3.14.